The van der Waals surface area contributed by atoms with E-state index in [2.05, 4.69) is 4.74 Å². The van der Waals surface area contributed by atoms with Crippen LogP contribution in [0.1, 0.15) is 6.42 Å². The Kier molecular flexibility index (Phi) is 1.17. The summed E-state index contributed by atoms with van der Waals surface area (Å²) in [6, 6.07) is 0. The highest BCUT2D eigenvalue weighted by molar-refractivity contribution is 5.74. The molecule has 0 aromatic rings. The highest BCUT2D eigenvalue weighted by Gasteiger charge is 2.38. The van der Waals surface area contributed by atoms with Crippen LogP contribution >= 0.6 is 0 Å². The highest BCUT2D eigenvalue weighted by atomic mass is 19.1. The number of terminal acetylenes is 1. The molecule has 1 saturated heterocycles. The van der Waals surface area contributed by atoms with E-state index in [1.165, 1.54) is 0 Å². The first-order chi connectivity index (χ1) is 4.16. The molecule has 0 amide bonds. The number of cyclic esters (lactones) is 1. The summed E-state index contributed by atoms with van der Waals surface area (Å²) < 4.78 is 17.0. The second-order valence-corrected chi connectivity index (χ2v) is 1.95. The lowest BCUT2D eigenvalue weighted by Gasteiger charge is -2.03. The number of esters is 1. The lowest BCUT2D eigenvalue weighted by Crippen LogP contribution is -2.19. The molecule has 1 atom stereocenters. The summed E-state index contributed by atoms with van der Waals surface area (Å²) >= 11 is 0. The van der Waals surface area contributed by atoms with E-state index in [0.29, 0.717) is 0 Å². The van der Waals surface area contributed by atoms with Crippen LogP contribution in [-0.4, -0.2) is 18.2 Å². The van der Waals surface area contributed by atoms with Gasteiger partial charge in [-0.2, -0.15) is 0 Å². The molecule has 1 unspecified atom stereocenters. The fourth-order valence-electron chi connectivity index (χ4n) is 0.618. The monoisotopic (exact) mass is 128 g/mol. The maximum atomic E-state index is 12.7. The van der Waals surface area contributed by atoms with E-state index in [4.69, 9.17) is 6.42 Å². The van der Waals surface area contributed by atoms with Crippen LogP contribution in [0.3, 0.4) is 0 Å². The van der Waals surface area contributed by atoms with E-state index in [0.717, 1.165) is 0 Å². The Labute approximate surface area is 52.0 Å². The smallest absolute Gasteiger partial charge is 0.310 e. The number of ether oxygens (including phenoxy) is 1. The SMILES string of the molecule is C#CC1(F)COC(=O)C1. The molecular formula is C6H5FO2. The van der Waals surface area contributed by atoms with Crippen LogP contribution in [-0.2, 0) is 9.53 Å². The molecule has 9 heavy (non-hydrogen) atoms. The number of carbonyl (C=O) groups excluding carboxylic acids is 1. The second-order valence-electron chi connectivity index (χ2n) is 1.95. The van der Waals surface area contributed by atoms with Crippen molar-refractivity contribution in [3.8, 4) is 12.3 Å². The summed E-state index contributed by atoms with van der Waals surface area (Å²) in [4.78, 5) is 10.3. The Morgan fingerprint density at radius 3 is 2.78 bits per heavy atom. The molecule has 0 aromatic carbocycles. The normalized spacial score (nSPS) is 33.6. The van der Waals surface area contributed by atoms with Gasteiger partial charge in [0.05, 0.1) is 6.42 Å². The van der Waals surface area contributed by atoms with E-state index in [1.807, 2.05) is 5.92 Å². The molecule has 1 heterocycles. The van der Waals surface area contributed by atoms with Crippen LogP contribution < -0.4 is 0 Å². The Hall–Kier alpha value is -1.04. The first kappa shape index (κ1) is 6.09. The molecule has 3 heteroatoms. The molecule has 0 spiro atoms. The minimum Gasteiger partial charge on any atom is -0.461 e. The van der Waals surface area contributed by atoms with Crippen molar-refractivity contribution in [1.82, 2.24) is 0 Å². The Balaban J connectivity index is 2.68. The van der Waals surface area contributed by atoms with Crippen molar-refractivity contribution in [1.29, 1.82) is 0 Å². The number of halogens is 1. The van der Waals surface area contributed by atoms with E-state index < -0.39 is 11.6 Å². The fourth-order valence-corrected chi connectivity index (χ4v) is 0.618. The van der Waals surface area contributed by atoms with Crippen LogP contribution in [0.5, 0.6) is 0 Å². The average Bonchev–Trinajstić information content (AvgIpc) is 2.13. The van der Waals surface area contributed by atoms with Gasteiger partial charge in [-0.25, -0.2) is 4.39 Å². The predicted molar refractivity (Wildman–Crippen MR) is 28.2 cm³/mol. The molecule has 0 aromatic heterocycles. The topological polar surface area (TPSA) is 26.3 Å². The number of alkyl halides is 1. The molecule has 0 radical (unpaired) electrons. The van der Waals surface area contributed by atoms with Crippen molar-refractivity contribution in [3.05, 3.63) is 0 Å². The third-order valence-electron chi connectivity index (χ3n) is 1.15. The Morgan fingerprint density at radius 1 is 1.89 bits per heavy atom. The van der Waals surface area contributed by atoms with Crippen LogP contribution in [0.25, 0.3) is 0 Å². The third-order valence-corrected chi connectivity index (χ3v) is 1.15. The van der Waals surface area contributed by atoms with Crippen LogP contribution in [0.2, 0.25) is 0 Å². The average molecular weight is 128 g/mol. The van der Waals surface area contributed by atoms with Gasteiger partial charge in [0.2, 0.25) is 5.67 Å². The van der Waals surface area contributed by atoms with E-state index in [1.54, 1.807) is 0 Å². The second kappa shape index (κ2) is 1.73. The van der Waals surface area contributed by atoms with Crippen molar-refractivity contribution in [2.24, 2.45) is 0 Å². The zero-order valence-corrected chi connectivity index (χ0v) is 4.69. The number of hydrogen-bond acceptors (Lipinski definition) is 2. The molecular weight excluding hydrogens is 123 g/mol. The Bertz CT molecular complexity index is 182. The zero-order chi connectivity index (χ0) is 6.91. The fraction of sp³-hybridized carbons (Fsp3) is 0.500. The van der Waals surface area contributed by atoms with Crippen LogP contribution in [0.15, 0.2) is 0 Å². The quantitative estimate of drug-likeness (QED) is 0.346. The molecule has 1 rings (SSSR count). The van der Waals surface area contributed by atoms with Gasteiger partial charge in [0.15, 0.2) is 0 Å². The number of hydrogen-bond donors (Lipinski definition) is 0. The van der Waals surface area contributed by atoms with Crippen LogP contribution in [0.4, 0.5) is 4.39 Å². The van der Waals surface area contributed by atoms with Gasteiger partial charge in [-0.1, -0.05) is 5.92 Å². The summed E-state index contributed by atoms with van der Waals surface area (Å²) in [7, 11) is 0. The summed E-state index contributed by atoms with van der Waals surface area (Å²) in [5.41, 5.74) is -1.84. The van der Waals surface area contributed by atoms with Crippen molar-refractivity contribution in [3.63, 3.8) is 0 Å². The van der Waals surface area contributed by atoms with Crippen molar-refractivity contribution < 1.29 is 13.9 Å². The van der Waals surface area contributed by atoms with Gasteiger partial charge in [0.25, 0.3) is 0 Å². The van der Waals surface area contributed by atoms with Gasteiger partial charge >= 0.3 is 5.97 Å². The summed E-state index contributed by atoms with van der Waals surface area (Å²) in [6.07, 6.45) is 4.47. The molecule has 1 aliphatic rings. The van der Waals surface area contributed by atoms with Gasteiger partial charge < -0.3 is 4.74 Å². The molecule has 0 N–H and O–H groups in total. The molecule has 2 nitrogen and oxygen atoms in total. The highest BCUT2D eigenvalue weighted by Crippen LogP contribution is 2.22. The maximum absolute atomic E-state index is 12.7. The lowest BCUT2D eigenvalue weighted by molar-refractivity contribution is -0.137. The van der Waals surface area contributed by atoms with Gasteiger partial charge in [-0.05, 0) is 0 Å². The largest absolute Gasteiger partial charge is 0.461 e. The standard InChI is InChI=1S/C6H5FO2/c1-2-6(7)3-5(8)9-4-6/h1H,3-4H2. The Morgan fingerprint density at radius 2 is 2.56 bits per heavy atom. The minimum absolute atomic E-state index is 0.289. The third kappa shape index (κ3) is 1.02. The molecule has 0 saturated carbocycles. The number of rotatable bonds is 0. The first-order valence-electron chi connectivity index (χ1n) is 2.49. The minimum atomic E-state index is -1.84. The van der Waals surface area contributed by atoms with Gasteiger partial charge in [-0.3, -0.25) is 4.79 Å². The van der Waals surface area contributed by atoms with Crippen molar-refractivity contribution >= 4 is 5.97 Å². The molecule has 0 aliphatic carbocycles. The molecule has 0 bridgehead atoms. The van der Waals surface area contributed by atoms with E-state index in [9.17, 15) is 9.18 Å². The van der Waals surface area contributed by atoms with Crippen LogP contribution in [0, 0.1) is 12.3 Å². The molecule has 1 aliphatic heterocycles. The lowest BCUT2D eigenvalue weighted by atomic mass is 10.1. The molecule has 1 fully saturated rings. The predicted octanol–water partition coefficient (Wildman–Crippen LogP) is 0.275. The van der Waals surface area contributed by atoms with Crippen molar-refractivity contribution in [2.75, 3.05) is 6.61 Å². The van der Waals surface area contributed by atoms with E-state index in [-0.39, 0.29) is 13.0 Å². The summed E-state index contributed by atoms with van der Waals surface area (Å²) in [5.74, 6) is 1.30. The first-order valence-corrected chi connectivity index (χ1v) is 2.49. The van der Waals surface area contributed by atoms with E-state index >= 15 is 0 Å². The van der Waals surface area contributed by atoms with Gasteiger partial charge in [0, 0.05) is 0 Å². The zero-order valence-electron chi connectivity index (χ0n) is 4.69. The number of carbonyl (C=O) groups is 1. The van der Waals surface area contributed by atoms with Gasteiger partial charge in [-0.15, -0.1) is 6.42 Å². The summed E-state index contributed by atoms with van der Waals surface area (Å²) in [5, 5.41) is 0. The summed E-state index contributed by atoms with van der Waals surface area (Å²) in [6.45, 7) is -0.289. The molecule has 48 valence electrons. The van der Waals surface area contributed by atoms with Gasteiger partial charge in [0.1, 0.15) is 6.61 Å². The van der Waals surface area contributed by atoms with Crippen molar-refractivity contribution in [2.45, 2.75) is 12.1 Å². The maximum Gasteiger partial charge on any atom is 0.310 e.